The zero-order valence-corrected chi connectivity index (χ0v) is 8.31. The lowest BCUT2D eigenvalue weighted by Crippen LogP contribution is -2.29. The topological polar surface area (TPSA) is 41.1 Å². The van der Waals surface area contributed by atoms with Gasteiger partial charge in [0.1, 0.15) is 11.6 Å². The van der Waals surface area contributed by atoms with Gasteiger partial charge in [-0.05, 0) is 19.1 Å². The molecule has 0 heterocycles. The molecular weight excluding hydrogens is 202 g/mol. The van der Waals surface area contributed by atoms with E-state index in [1.165, 1.54) is 0 Å². The fourth-order valence-corrected chi connectivity index (χ4v) is 1.10. The molecule has 0 saturated carbocycles. The van der Waals surface area contributed by atoms with Gasteiger partial charge in [0.2, 0.25) is 5.91 Å². The monoisotopic (exact) mass is 214 g/mol. The van der Waals surface area contributed by atoms with E-state index in [-0.39, 0.29) is 18.1 Å². The number of hydrogen-bond donors (Lipinski definition) is 2. The standard InChI is InChI=1S/C10H12F2N2O/c1-2-13-10(15)6-14-9-4-7(11)3-8(12)5-9/h3-5,14H,2,6H2,1H3,(H,13,15). The van der Waals surface area contributed by atoms with Crippen molar-refractivity contribution in [2.45, 2.75) is 6.92 Å². The van der Waals surface area contributed by atoms with Crippen LogP contribution in [0.2, 0.25) is 0 Å². The van der Waals surface area contributed by atoms with Crippen molar-refractivity contribution < 1.29 is 13.6 Å². The SMILES string of the molecule is CCNC(=O)CNc1cc(F)cc(F)c1. The summed E-state index contributed by atoms with van der Waals surface area (Å²) in [6.07, 6.45) is 0. The minimum Gasteiger partial charge on any atom is -0.376 e. The smallest absolute Gasteiger partial charge is 0.239 e. The van der Waals surface area contributed by atoms with Gasteiger partial charge < -0.3 is 10.6 Å². The molecule has 0 unspecified atom stereocenters. The summed E-state index contributed by atoms with van der Waals surface area (Å²) in [6.45, 7) is 2.31. The number of hydrogen-bond acceptors (Lipinski definition) is 2. The summed E-state index contributed by atoms with van der Waals surface area (Å²) in [7, 11) is 0. The van der Waals surface area contributed by atoms with Crippen LogP contribution in [-0.2, 0) is 4.79 Å². The molecule has 0 bridgehead atoms. The highest BCUT2D eigenvalue weighted by Gasteiger charge is 2.02. The maximum absolute atomic E-state index is 12.7. The molecule has 0 radical (unpaired) electrons. The van der Waals surface area contributed by atoms with E-state index in [1.807, 2.05) is 0 Å². The molecule has 1 amide bonds. The molecule has 0 aliphatic rings. The second-order valence-corrected chi connectivity index (χ2v) is 2.97. The van der Waals surface area contributed by atoms with Crippen LogP contribution in [0.4, 0.5) is 14.5 Å². The van der Waals surface area contributed by atoms with Gasteiger partial charge in [-0.1, -0.05) is 0 Å². The molecule has 0 fully saturated rings. The summed E-state index contributed by atoms with van der Waals surface area (Å²) >= 11 is 0. The Bertz CT molecular complexity index is 335. The zero-order valence-electron chi connectivity index (χ0n) is 8.31. The van der Waals surface area contributed by atoms with Crippen LogP contribution in [0.5, 0.6) is 0 Å². The number of benzene rings is 1. The molecule has 82 valence electrons. The average molecular weight is 214 g/mol. The maximum atomic E-state index is 12.7. The number of nitrogens with one attached hydrogen (secondary N) is 2. The third-order valence-electron chi connectivity index (χ3n) is 1.69. The Morgan fingerprint density at radius 2 is 1.87 bits per heavy atom. The van der Waals surface area contributed by atoms with Crippen LogP contribution in [0.3, 0.4) is 0 Å². The summed E-state index contributed by atoms with van der Waals surface area (Å²) in [6, 6.07) is 3.03. The molecule has 0 atom stereocenters. The first-order valence-electron chi connectivity index (χ1n) is 4.58. The van der Waals surface area contributed by atoms with Crippen molar-refractivity contribution in [3.8, 4) is 0 Å². The number of carbonyl (C=O) groups is 1. The van der Waals surface area contributed by atoms with E-state index in [1.54, 1.807) is 6.92 Å². The molecule has 1 aromatic carbocycles. The lowest BCUT2D eigenvalue weighted by Gasteiger charge is -2.06. The molecule has 1 rings (SSSR count). The first kappa shape index (κ1) is 11.4. The largest absolute Gasteiger partial charge is 0.376 e. The Labute approximate surface area is 86.5 Å². The number of rotatable bonds is 4. The number of likely N-dealkylation sites (N-methyl/N-ethyl adjacent to an activating group) is 1. The first-order valence-corrected chi connectivity index (χ1v) is 4.58. The summed E-state index contributed by atoms with van der Waals surface area (Å²) in [5.41, 5.74) is 0.249. The van der Waals surface area contributed by atoms with Gasteiger partial charge in [-0.3, -0.25) is 4.79 Å². The van der Waals surface area contributed by atoms with Crippen LogP contribution in [-0.4, -0.2) is 19.0 Å². The van der Waals surface area contributed by atoms with E-state index in [9.17, 15) is 13.6 Å². The van der Waals surface area contributed by atoms with E-state index in [0.717, 1.165) is 18.2 Å². The second-order valence-electron chi connectivity index (χ2n) is 2.97. The van der Waals surface area contributed by atoms with Crippen LogP contribution < -0.4 is 10.6 Å². The van der Waals surface area contributed by atoms with E-state index in [0.29, 0.717) is 6.54 Å². The Morgan fingerprint density at radius 1 is 1.27 bits per heavy atom. The molecule has 1 aromatic rings. The second kappa shape index (κ2) is 5.29. The summed E-state index contributed by atoms with van der Waals surface area (Å²) in [5, 5.41) is 5.17. The summed E-state index contributed by atoms with van der Waals surface area (Å²) < 4.78 is 25.4. The van der Waals surface area contributed by atoms with Crippen molar-refractivity contribution in [3.63, 3.8) is 0 Å². The average Bonchev–Trinajstić information content (AvgIpc) is 2.14. The van der Waals surface area contributed by atoms with Gasteiger partial charge in [-0.25, -0.2) is 8.78 Å². The number of anilines is 1. The normalized spacial score (nSPS) is 9.80. The quantitative estimate of drug-likeness (QED) is 0.797. The number of carbonyl (C=O) groups excluding carboxylic acids is 1. The summed E-state index contributed by atoms with van der Waals surface area (Å²) in [4.78, 5) is 11.0. The predicted octanol–water partition coefficient (Wildman–Crippen LogP) is 1.51. The fourth-order valence-electron chi connectivity index (χ4n) is 1.10. The van der Waals surface area contributed by atoms with Crippen LogP contribution in [0.25, 0.3) is 0 Å². The Balaban J connectivity index is 2.54. The van der Waals surface area contributed by atoms with Crippen LogP contribution in [0.1, 0.15) is 6.92 Å². The zero-order chi connectivity index (χ0) is 11.3. The van der Waals surface area contributed by atoms with Crippen molar-refractivity contribution in [1.29, 1.82) is 0 Å². The van der Waals surface area contributed by atoms with Gasteiger partial charge in [0.25, 0.3) is 0 Å². The Morgan fingerprint density at radius 3 is 2.40 bits per heavy atom. The Hall–Kier alpha value is -1.65. The molecule has 15 heavy (non-hydrogen) atoms. The van der Waals surface area contributed by atoms with E-state index < -0.39 is 11.6 Å². The highest BCUT2D eigenvalue weighted by Crippen LogP contribution is 2.12. The van der Waals surface area contributed by atoms with Crippen molar-refractivity contribution in [1.82, 2.24) is 5.32 Å². The highest BCUT2D eigenvalue weighted by atomic mass is 19.1. The molecule has 2 N–H and O–H groups in total. The van der Waals surface area contributed by atoms with Crippen LogP contribution in [0, 0.1) is 11.6 Å². The van der Waals surface area contributed by atoms with Gasteiger partial charge in [-0.2, -0.15) is 0 Å². The molecule has 0 spiro atoms. The van der Waals surface area contributed by atoms with Gasteiger partial charge in [-0.15, -0.1) is 0 Å². The van der Waals surface area contributed by atoms with E-state index in [4.69, 9.17) is 0 Å². The fraction of sp³-hybridized carbons (Fsp3) is 0.300. The van der Waals surface area contributed by atoms with E-state index in [2.05, 4.69) is 10.6 Å². The molecule has 3 nitrogen and oxygen atoms in total. The lowest BCUT2D eigenvalue weighted by atomic mass is 10.3. The molecule has 0 aliphatic heterocycles. The summed E-state index contributed by atoms with van der Waals surface area (Å²) in [5.74, 6) is -1.57. The van der Waals surface area contributed by atoms with Crippen molar-refractivity contribution in [3.05, 3.63) is 29.8 Å². The van der Waals surface area contributed by atoms with Crippen LogP contribution in [0.15, 0.2) is 18.2 Å². The van der Waals surface area contributed by atoms with Gasteiger partial charge in [0, 0.05) is 18.3 Å². The molecule has 0 saturated heterocycles. The molecular formula is C10H12F2N2O. The minimum absolute atomic E-state index is 0.00324. The molecule has 5 heteroatoms. The third kappa shape index (κ3) is 3.93. The molecule has 0 aromatic heterocycles. The maximum Gasteiger partial charge on any atom is 0.239 e. The number of halogens is 2. The van der Waals surface area contributed by atoms with Crippen molar-refractivity contribution in [2.75, 3.05) is 18.4 Å². The first-order chi connectivity index (χ1) is 7.11. The lowest BCUT2D eigenvalue weighted by molar-refractivity contribution is -0.119. The van der Waals surface area contributed by atoms with Gasteiger partial charge in [0.05, 0.1) is 6.54 Å². The van der Waals surface area contributed by atoms with Crippen LogP contribution >= 0.6 is 0 Å². The number of amides is 1. The van der Waals surface area contributed by atoms with Crippen molar-refractivity contribution >= 4 is 11.6 Å². The van der Waals surface area contributed by atoms with Gasteiger partial charge >= 0.3 is 0 Å². The third-order valence-corrected chi connectivity index (χ3v) is 1.69. The molecule has 0 aliphatic carbocycles. The predicted molar refractivity (Wildman–Crippen MR) is 53.5 cm³/mol. The minimum atomic E-state index is -0.673. The van der Waals surface area contributed by atoms with Gasteiger partial charge in [0.15, 0.2) is 0 Å². The highest BCUT2D eigenvalue weighted by molar-refractivity contribution is 5.80. The van der Waals surface area contributed by atoms with E-state index >= 15 is 0 Å². The van der Waals surface area contributed by atoms with Crippen molar-refractivity contribution in [2.24, 2.45) is 0 Å². The Kier molecular flexibility index (Phi) is 4.03.